The van der Waals surface area contributed by atoms with Crippen LogP contribution in [0.15, 0.2) is 30.3 Å². The fraction of sp³-hybridized carbons (Fsp3) is 0.0714. The van der Waals surface area contributed by atoms with Crippen LogP contribution in [0, 0.1) is 17.5 Å². The molecule has 108 valence electrons. The Bertz CT molecular complexity index is 826. The summed E-state index contributed by atoms with van der Waals surface area (Å²) in [6.07, 6.45) is 0. The van der Waals surface area contributed by atoms with Crippen molar-refractivity contribution in [3.63, 3.8) is 0 Å². The van der Waals surface area contributed by atoms with Gasteiger partial charge in [0.2, 0.25) is 0 Å². The SMILES string of the molecule is Fc1cc2nc(CCl)n(-c3c(F)cccc3F)c2cc1Cl. The van der Waals surface area contributed by atoms with E-state index in [2.05, 4.69) is 4.98 Å². The number of para-hydroxylation sites is 1. The standard InChI is InChI=1S/C14H7Cl2F3N2/c15-6-13-20-11-5-10(19)7(16)4-12(11)21(13)14-8(17)2-1-3-9(14)18/h1-5H,6H2. The maximum atomic E-state index is 14.0. The average molecular weight is 331 g/mol. The molecule has 0 unspecified atom stereocenters. The Kier molecular flexibility index (Phi) is 3.55. The molecule has 21 heavy (non-hydrogen) atoms. The zero-order valence-corrected chi connectivity index (χ0v) is 11.9. The van der Waals surface area contributed by atoms with Crippen molar-refractivity contribution in [2.75, 3.05) is 0 Å². The highest BCUT2D eigenvalue weighted by atomic mass is 35.5. The normalized spacial score (nSPS) is 11.3. The fourth-order valence-corrected chi connectivity index (χ4v) is 2.50. The Morgan fingerprint density at radius 3 is 2.33 bits per heavy atom. The molecule has 2 aromatic carbocycles. The van der Waals surface area contributed by atoms with Crippen LogP contribution in [-0.4, -0.2) is 9.55 Å². The van der Waals surface area contributed by atoms with E-state index in [0.29, 0.717) is 0 Å². The Balaban J connectivity index is 2.43. The van der Waals surface area contributed by atoms with Gasteiger partial charge in [0.25, 0.3) is 0 Å². The van der Waals surface area contributed by atoms with Crippen molar-refractivity contribution in [2.24, 2.45) is 0 Å². The van der Waals surface area contributed by atoms with Crippen molar-refractivity contribution in [2.45, 2.75) is 5.88 Å². The molecule has 0 aliphatic heterocycles. The van der Waals surface area contributed by atoms with Gasteiger partial charge in [-0.05, 0) is 18.2 Å². The summed E-state index contributed by atoms with van der Waals surface area (Å²) in [6.45, 7) is 0. The summed E-state index contributed by atoms with van der Waals surface area (Å²) in [5.41, 5.74) is 0.176. The highest BCUT2D eigenvalue weighted by Crippen LogP contribution is 2.29. The Morgan fingerprint density at radius 2 is 1.71 bits per heavy atom. The lowest BCUT2D eigenvalue weighted by molar-refractivity contribution is 0.569. The maximum absolute atomic E-state index is 14.0. The molecule has 0 saturated heterocycles. The van der Waals surface area contributed by atoms with Gasteiger partial charge < -0.3 is 0 Å². The quantitative estimate of drug-likeness (QED) is 0.615. The minimum absolute atomic E-state index is 0.0955. The molecule has 3 aromatic rings. The number of imidazole rings is 1. The van der Waals surface area contributed by atoms with Gasteiger partial charge in [-0.25, -0.2) is 18.2 Å². The molecule has 2 nitrogen and oxygen atoms in total. The zero-order valence-electron chi connectivity index (χ0n) is 10.4. The van der Waals surface area contributed by atoms with Crippen LogP contribution in [0.4, 0.5) is 13.2 Å². The number of nitrogens with zero attached hydrogens (tertiary/aromatic N) is 2. The molecule has 0 fully saturated rings. The van der Waals surface area contributed by atoms with Gasteiger partial charge in [0.1, 0.15) is 29.0 Å². The van der Waals surface area contributed by atoms with Gasteiger partial charge >= 0.3 is 0 Å². The number of rotatable bonds is 2. The molecule has 0 aliphatic rings. The van der Waals surface area contributed by atoms with Crippen LogP contribution < -0.4 is 0 Å². The van der Waals surface area contributed by atoms with Crippen molar-refractivity contribution in [1.82, 2.24) is 9.55 Å². The predicted molar refractivity (Wildman–Crippen MR) is 75.5 cm³/mol. The zero-order chi connectivity index (χ0) is 15.1. The monoisotopic (exact) mass is 330 g/mol. The van der Waals surface area contributed by atoms with Crippen molar-refractivity contribution in [3.8, 4) is 5.69 Å². The van der Waals surface area contributed by atoms with Crippen LogP contribution in [0.5, 0.6) is 0 Å². The summed E-state index contributed by atoms with van der Waals surface area (Å²) in [7, 11) is 0. The van der Waals surface area contributed by atoms with E-state index < -0.39 is 17.5 Å². The number of halogens is 5. The second-order valence-electron chi connectivity index (χ2n) is 4.32. The number of fused-ring (bicyclic) bond motifs is 1. The molecule has 3 rings (SSSR count). The number of aromatic nitrogens is 2. The van der Waals surface area contributed by atoms with Crippen LogP contribution in [0.1, 0.15) is 5.82 Å². The first-order chi connectivity index (χ1) is 10.0. The first kappa shape index (κ1) is 14.2. The van der Waals surface area contributed by atoms with E-state index in [1.807, 2.05) is 0 Å². The van der Waals surface area contributed by atoms with E-state index in [4.69, 9.17) is 23.2 Å². The minimum Gasteiger partial charge on any atom is -0.290 e. The predicted octanol–water partition coefficient (Wildman–Crippen LogP) is 4.84. The van der Waals surface area contributed by atoms with Crippen LogP contribution in [0.2, 0.25) is 5.02 Å². The van der Waals surface area contributed by atoms with Gasteiger partial charge in [0.05, 0.1) is 21.9 Å². The Labute approximate surface area is 127 Å². The smallest absolute Gasteiger partial charge is 0.150 e. The summed E-state index contributed by atoms with van der Waals surface area (Å²) in [6, 6.07) is 5.85. The van der Waals surface area contributed by atoms with Crippen molar-refractivity contribution < 1.29 is 13.2 Å². The minimum atomic E-state index is -0.777. The third kappa shape index (κ3) is 2.26. The van der Waals surface area contributed by atoms with Crippen LogP contribution in [0.3, 0.4) is 0 Å². The lowest BCUT2D eigenvalue weighted by Gasteiger charge is -2.10. The lowest BCUT2D eigenvalue weighted by Crippen LogP contribution is -2.05. The van der Waals surface area contributed by atoms with Crippen LogP contribution >= 0.6 is 23.2 Å². The Morgan fingerprint density at radius 1 is 1.05 bits per heavy atom. The van der Waals surface area contributed by atoms with Gasteiger partial charge in [0.15, 0.2) is 0 Å². The molecular weight excluding hydrogens is 324 g/mol. The van der Waals surface area contributed by atoms with E-state index in [1.165, 1.54) is 16.7 Å². The van der Waals surface area contributed by atoms with E-state index in [9.17, 15) is 13.2 Å². The van der Waals surface area contributed by atoms with Gasteiger partial charge in [-0.15, -0.1) is 11.6 Å². The molecule has 0 N–H and O–H groups in total. The molecule has 1 aromatic heterocycles. The van der Waals surface area contributed by atoms with Crippen molar-refractivity contribution >= 4 is 34.2 Å². The third-order valence-corrected chi connectivity index (χ3v) is 3.58. The van der Waals surface area contributed by atoms with E-state index in [-0.39, 0.29) is 33.4 Å². The molecule has 0 saturated carbocycles. The molecule has 0 spiro atoms. The van der Waals surface area contributed by atoms with Gasteiger partial charge in [-0.1, -0.05) is 17.7 Å². The summed E-state index contributed by atoms with van der Waals surface area (Å²) in [5.74, 6) is -2.12. The number of alkyl halides is 1. The molecule has 0 amide bonds. The van der Waals surface area contributed by atoms with Gasteiger partial charge in [-0.3, -0.25) is 4.57 Å². The topological polar surface area (TPSA) is 17.8 Å². The summed E-state index contributed by atoms with van der Waals surface area (Å²) in [4.78, 5) is 4.09. The molecule has 1 heterocycles. The Hall–Kier alpha value is -1.72. The highest BCUT2D eigenvalue weighted by molar-refractivity contribution is 6.31. The highest BCUT2D eigenvalue weighted by Gasteiger charge is 2.19. The fourth-order valence-electron chi connectivity index (χ4n) is 2.16. The molecule has 0 atom stereocenters. The number of hydrogen-bond donors (Lipinski definition) is 0. The van der Waals surface area contributed by atoms with Crippen LogP contribution in [-0.2, 0) is 5.88 Å². The summed E-state index contributed by atoms with van der Waals surface area (Å²) < 4.78 is 42.7. The van der Waals surface area contributed by atoms with Crippen molar-refractivity contribution in [3.05, 3.63) is 58.6 Å². The van der Waals surface area contributed by atoms with Crippen molar-refractivity contribution in [1.29, 1.82) is 0 Å². The van der Waals surface area contributed by atoms with Gasteiger partial charge in [-0.2, -0.15) is 0 Å². The van der Waals surface area contributed by atoms with Crippen LogP contribution in [0.25, 0.3) is 16.7 Å². The first-order valence-electron chi connectivity index (χ1n) is 5.89. The number of benzene rings is 2. The largest absolute Gasteiger partial charge is 0.290 e. The first-order valence-corrected chi connectivity index (χ1v) is 6.81. The van der Waals surface area contributed by atoms with E-state index in [1.54, 1.807) is 0 Å². The van der Waals surface area contributed by atoms with E-state index >= 15 is 0 Å². The second kappa shape index (κ2) is 5.24. The maximum Gasteiger partial charge on any atom is 0.150 e. The summed E-state index contributed by atoms with van der Waals surface area (Å²) in [5, 5.41) is -0.165. The molecule has 0 radical (unpaired) electrons. The second-order valence-corrected chi connectivity index (χ2v) is 5.00. The molecule has 0 aliphatic carbocycles. The van der Waals surface area contributed by atoms with E-state index in [0.717, 1.165) is 18.2 Å². The molecule has 0 bridgehead atoms. The third-order valence-electron chi connectivity index (χ3n) is 3.05. The summed E-state index contributed by atoms with van der Waals surface area (Å²) >= 11 is 11.5. The average Bonchev–Trinajstić information content (AvgIpc) is 2.77. The number of hydrogen-bond acceptors (Lipinski definition) is 1. The lowest BCUT2D eigenvalue weighted by atomic mass is 10.2. The molecule has 7 heteroatoms. The molecular formula is C14H7Cl2F3N2. The van der Waals surface area contributed by atoms with Gasteiger partial charge in [0, 0.05) is 6.07 Å².